The van der Waals surface area contributed by atoms with Gasteiger partial charge in [-0.3, -0.25) is 4.79 Å². The topological polar surface area (TPSA) is 96.9 Å². The Morgan fingerprint density at radius 2 is 1.81 bits per heavy atom. The fourth-order valence-electron chi connectivity index (χ4n) is 2.68. The molecule has 0 heterocycles. The molecule has 0 spiro atoms. The van der Waals surface area contributed by atoms with Crippen LogP contribution in [0.3, 0.4) is 0 Å². The van der Waals surface area contributed by atoms with Gasteiger partial charge in [-0.25, -0.2) is 4.79 Å². The molecule has 2 aromatic rings. The Hall–Kier alpha value is -2.45. The predicted molar refractivity (Wildman–Crippen MR) is 124 cm³/mol. The van der Waals surface area contributed by atoms with Crippen LogP contribution in [-0.4, -0.2) is 35.7 Å². The van der Waals surface area contributed by atoms with E-state index in [0.717, 1.165) is 10.0 Å². The fourth-order valence-corrected chi connectivity index (χ4v) is 3.32. The molecule has 0 bridgehead atoms. The molecule has 3 N–H and O–H groups in total. The first-order valence-electron chi connectivity index (χ1n) is 9.66. The molecule has 9 heteroatoms. The van der Waals surface area contributed by atoms with Crippen LogP contribution in [0.4, 0.5) is 5.69 Å². The average molecular weight is 514 g/mol. The predicted octanol–water partition coefficient (Wildman–Crippen LogP) is 5.11. The third-order valence-electron chi connectivity index (χ3n) is 3.97. The number of anilines is 1. The number of hydrogen-bond donors (Lipinski definition) is 3. The molecule has 7 nitrogen and oxygen atoms in total. The highest BCUT2D eigenvalue weighted by molar-refractivity contribution is 9.10. The highest BCUT2D eigenvalue weighted by Crippen LogP contribution is 2.35. The van der Waals surface area contributed by atoms with E-state index >= 15 is 0 Å². The fraction of sp³-hybridized carbons (Fsp3) is 0.364. The lowest BCUT2D eigenvalue weighted by Gasteiger charge is -2.21. The summed E-state index contributed by atoms with van der Waals surface area (Å²) in [5, 5.41) is 15.6. The smallest absolute Gasteiger partial charge is 0.335 e. The number of nitrogens with one attached hydrogen (secondary N) is 2. The van der Waals surface area contributed by atoms with Gasteiger partial charge in [-0.05, 0) is 63.6 Å². The highest BCUT2D eigenvalue weighted by atomic mass is 79.9. The number of carbonyl (C=O) groups excluding carboxylic acids is 1. The molecule has 0 saturated heterocycles. The lowest BCUT2D eigenvalue weighted by atomic mass is 10.1. The van der Waals surface area contributed by atoms with E-state index < -0.39 is 5.97 Å². The van der Waals surface area contributed by atoms with Crippen LogP contribution in [0.2, 0.25) is 5.02 Å². The van der Waals surface area contributed by atoms with Crippen LogP contribution >= 0.6 is 27.5 Å². The summed E-state index contributed by atoms with van der Waals surface area (Å²) >= 11 is 9.69. The first-order chi connectivity index (χ1) is 14.5. The number of halogens is 2. The lowest BCUT2D eigenvalue weighted by Crippen LogP contribution is -2.43. The molecule has 0 aromatic heterocycles. The number of rotatable bonds is 9. The van der Waals surface area contributed by atoms with Crippen molar-refractivity contribution in [2.24, 2.45) is 0 Å². The summed E-state index contributed by atoms with van der Waals surface area (Å²) in [6.45, 7) is 8.18. The third-order valence-corrected chi connectivity index (χ3v) is 5.04. The SMILES string of the molecule is CCOc1cc(CNc2cc(C(=O)O)ccc2Cl)c(Br)cc1OCC(=O)NC(C)(C)C. The van der Waals surface area contributed by atoms with Crippen LogP contribution in [0.5, 0.6) is 11.5 Å². The van der Waals surface area contributed by atoms with E-state index in [-0.39, 0.29) is 23.6 Å². The molecule has 0 fully saturated rings. The number of carboxylic acids is 1. The van der Waals surface area contributed by atoms with Gasteiger partial charge in [-0.1, -0.05) is 27.5 Å². The second-order valence-electron chi connectivity index (χ2n) is 7.76. The number of ether oxygens (including phenoxy) is 2. The van der Waals surface area contributed by atoms with Crippen molar-refractivity contribution in [1.82, 2.24) is 5.32 Å². The standard InChI is InChI=1S/C22H26BrClN2O5/c1-5-30-18-9-14(11-25-17-8-13(21(28)29)6-7-16(17)24)15(23)10-19(18)31-12-20(27)26-22(2,3)4/h6-10,25H,5,11-12H2,1-4H3,(H,26,27)(H,28,29). The van der Waals surface area contributed by atoms with Gasteiger partial charge < -0.3 is 25.2 Å². The minimum absolute atomic E-state index is 0.137. The van der Waals surface area contributed by atoms with Gasteiger partial charge in [0.25, 0.3) is 5.91 Å². The van der Waals surface area contributed by atoms with Gasteiger partial charge in [0.15, 0.2) is 18.1 Å². The van der Waals surface area contributed by atoms with E-state index in [1.165, 1.54) is 18.2 Å². The monoisotopic (exact) mass is 512 g/mol. The Morgan fingerprint density at radius 3 is 2.42 bits per heavy atom. The van der Waals surface area contributed by atoms with Crippen LogP contribution in [0.1, 0.15) is 43.6 Å². The van der Waals surface area contributed by atoms with Crippen molar-refractivity contribution < 1.29 is 24.2 Å². The van der Waals surface area contributed by atoms with Crippen LogP contribution in [0.15, 0.2) is 34.8 Å². The molecule has 0 aliphatic heterocycles. The third kappa shape index (κ3) is 7.63. The Labute approximate surface area is 195 Å². The second-order valence-corrected chi connectivity index (χ2v) is 9.03. The summed E-state index contributed by atoms with van der Waals surface area (Å²) in [6.07, 6.45) is 0. The van der Waals surface area contributed by atoms with Crippen LogP contribution in [0, 0.1) is 0 Å². The van der Waals surface area contributed by atoms with Crippen LogP contribution < -0.4 is 20.1 Å². The Bertz CT molecular complexity index is 960. The zero-order valence-corrected chi connectivity index (χ0v) is 20.2. The van der Waals surface area contributed by atoms with Gasteiger partial charge in [0, 0.05) is 16.6 Å². The van der Waals surface area contributed by atoms with Gasteiger partial charge >= 0.3 is 5.97 Å². The molecule has 0 aliphatic rings. The lowest BCUT2D eigenvalue weighted by molar-refractivity contribution is -0.124. The van der Waals surface area contributed by atoms with Gasteiger partial charge in [0.1, 0.15) is 0 Å². The number of amides is 1. The van der Waals surface area contributed by atoms with Gasteiger partial charge in [-0.2, -0.15) is 0 Å². The van der Waals surface area contributed by atoms with Crippen LogP contribution in [0.25, 0.3) is 0 Å². The van der Waals surface area contributed by atoms with Crippen molar-refractivity contribution >= 4 is 45.1 Å². The maximum absolute atomic E-state index is 12.1. The summed E-state index contributed by atoms with van der Waals surface area (Å²) in [4.78, 5) is 23.3. The van der Waals surface area contributed by atoms with Crippen molar-refractivity contribution in [1.29, 1.82) is 0 Å². The van der Waals surface area contributed by atoms with E-state index in [2.05, 4.69) is 26.6 Å². The summed E-state index contributed by atoms with van der Waals surface area (Å²) in [6, 6.07) is 8.00. The van der Waals surface area contributed by atoms with E-state index in [1.54, 1.807) is 12.1 Å². The maximum Gasteiger partial charge on any atom is 0.335 e. The summed E-state index contributed by atoms with van der Waals surface area (Å²) in [5.74, 6) is -0.329. The van der Waals surface area contributed by atoms with E-state index in [1.807, 2.05) is 27.7 Å². The molecule has 2 rings (SSSR count). The summed E-state index contributed by atoms with van der Waals surface area (Å²) < 4.78 is 12.1. The average Bonchev–Trinajstić information content (AvgIpc) is 2.66. The molecule has 31 heavy (non-hydrogen) atoms. The highest BCUT2D eigenvalue weighted by Gasteiger charge is 2.17. The number of carbonyl (C=O) groups is 2. The number of hydrogen-bond acceptors (Lipinski definition) is 5. The summed E-state index contributed by atoms with van der Waals surface area (Å²) in [5.41, 5.74) is 1.13. The van der Waals surface area contributed by atoms with Crippen molar-refractivity contribution in [2.45, 2.75) is 39.8 Å². The first kappa shape index (κ1) is 24.8. The Balaban J connectivity index is 2.17. The van der Waals surface area contributed by atoms with Crippen molar-refractivity contribution in [3.05, 3.63) is 51.0 Å². The molecule has 0 atom stereocenters. The Morgan fingerprint density at radius 1 is 1.13 bits per heavy atom. The largest absolute Gasteiger partial charge is 0.490 e. The van der Waals surface area contributed by atoms with Crippen LogP contribution in [-0.2, 0) is 11.3 Å². The molecular formula is C22H26BrClN2O5. The first-order valence-corrected chi connectivity index (χ1v) is 10.8. The summed E-state index contributed by atoms with van der Waals surface area (Å²) in [7, 11) is 0. The molecule has 0 radical (unpaired) electrons. The Kier molecular flexibility index (Phi) is 8.59. The number of aromatic carboxylic acids is 1. The zero-order valence-electron chi connectivity index (χ0n) is 17.8. The minimum Gasteiger partial charge on any atom is -0.490 e. The maximum atomic E-state index is 12.1. The zero-order chi connectivity index (χ0) is 23.2. The quantitative estimate of drug-likeness (QED) is 0.431. The molecule has 0 aliphatic carbocycles. The van der Waals surface area contributed by atoms with Gasteiger partial charge in [-0.15, -0.1) is 0 Å². The van der Waals surface area contributed by atoms with Gasteiger partial charge in [0.05, 0.1) is 22.9 Å². The minimum atomic E-state index is -1.03. The molecule has 0 unspecified atom stereocenters. The van der Waals surface area contributed by atoms with Crippen molar-refractivity contribution in [3.8, 4) is 11.5 Å². The van der Waals surface area contributed by atoms with Crippen molar-refractivity contribution in [3.63, 3.8) is 0 Å². The molecular weight excluding hydrogens is 488 g/mol. The van der Waals surface area contributed by atoms with E-state index in [9.17, 15) is 14.7 Å². The number of benzene rings is 2. The van der Waals surface area contributed by atoms with Crippen molar-refractivity contribution in [2.75, 3.05) is 18.5 Å². The van der Waals surface area contributed by atoms with E-state index in [0.29, 0.717) is 35.4 Å². The normalized spacial score (nSPS) is 11.0. The molecule has 168 valence electrons. The van der Waals surface area contributed by atoms with Gasteiger partial charge in [0.2, 0.25) is 0 Å². The second kappa shape index (κ2) is 10.7. The number of carboxylic acid groups (broad SMARTS) is 1. The molecule has 0 saturated carbocycles. The molecule has 2 aromatic carbocycles. The van der Waals surface area contributed by atoms with E-state index in [4.69, 9.17) is 21.1 Å². The molecule has 1 amide bonds.